The maximum absolute atomic E-state index is 12.8. The molecule has 1 aliphatic heterocycles. The van der Waals surface area contributed by atoms with E-state index in [-0.39, 0.29) is 12.3 Å². The largest absolute Gasteiger partial charge is 0.391 e. The molecule has 1 saturated carbocycles. The number of alkyl halides is 3. The molecule has 0 nitrogen and oxygen atoms in total. The summed E-state index contributed by atoms with van der Waals surface area (Å²) in [7, 11) is 0. The monoisotopic (exact) mass is 356 g/mol. The van der Waals surface area contributed by atoms with E-state index < -0.39 is 12.1 Å². The highest BCUT2D eigenvalue weighted by Gasteiger charge is 2.43. The molecule has 0 aromatic rings. The lowest BCUT2D eigenvalue weighted by atomic mass is 9.74. The second kappa shape index (κ2) is 7.91. The normalized spacial score (nSPS) is 38.8. The van der Waals surface area contributed by atoms with Crippen LogP contribution in [0.4, 0.5) is 13.2 Å². The van der Waals surface area contributed by atoms with E-state index in [9.17, 15) is 13.2 Å². The van der Waals surface area contributed by atoms with Crippen molar-refractivity contribution in [3.63, 3.8) is 0 Å². The first-order valence-corrected chi connectivity index (χ1v) is 10.8. The van der Waals surface area contributed by atoms with E-state index in [0.29, 0.717) is 23.3 Å². The summed E-state index contributed by atoms with van der Waals surface area (Å²) in [5.41, 5.74) is 0. The summed E-state index contributed by atoms with van der Waals surface area (Å²) in [5, 5.41) is 0.741. The number of rotatable bonds is 3. The molecule has 3 unspecified atom stereocenters. The number of thioether (sulfide) groups is 3. The summed E-state index contributed by atoms with van der Waals surface area (Å²) in [5.74, 6) is 1.74. The van der Waals surface area contributed by atoms with Gasteiger partial charge >= 0.3 is 6.18 Å². The summed E-state index contributed by atoms with van der Waals surface area (Å²) < 4.78 is 38.8. The van der Waals surface area contributed by atoms with E-state index in [2.05, 4.69) is 18.4 Å². The predicted octanol–water partition coefficient (Wildman–Crippen LogP) is 5.70. The third kappa shape index (κ3) is 5.31. The van der Waals surface area contributed by atoms with Crippen LogP contribution in [0.1, 0.15) is 26.2 Å². The molecular formula is C15H23F3S3. The molecular weight excluding hydrogens is 333 g/mol. The van der Waals surface area contributed by atoms with E-state index in [1.807, 2.05) is 42.2 Å². The fourth-order valence-electron chi connectivity index (χ4n) is 2.98. The second-order valence-electron chi connectivity index (χ2n) is 5.97. The van der Waals surface area contributed by atoms with Crippen molar-refractivity contribution in [2.45, 2.75) is 42.2 Å². The topological polar surface area (TPSA) is 0 Å². The summed E-state index contributed by atoms with van der Waals surface area (Å²) in [4.78, 5) is 0. The van der Waals surface area contributed by atoms with Crippen molar-refractivity contribution >= 4 is 35.3 Å². The first-order chi connectivity index (χ1) is 9.90. The Balaban J connectivity index is 1.80. The molecule has 0 N–H and O–H groups in total. The van der Waals surface area contributed by atoms with Gasteiger partial charge in [-0.2, -0.15) is 24.9 Å². The average molecular weight is 357 g/mol. The predicted molar refractivity (Wildman–Crippen MR) is 91.2 cm³/mol. The van der Waals surface area contributed by atoms with E-state index in [0.717, 1.165) is 5.25 Å². The molecule has 1 aliphatic carbocycles. The standard InChI is InChI=1S/C15H23F3S3/c1-10-7-12(15(16,17)18)5-3-11(10)4-6-14-20-8-13(19-2)9-21-14/h4,6,10-14H,3,5,7-9H2,1-2H3/b6-4+. The molecule has 0 aromatic heterocycles. The van der Waals surface area contributed by atoms with Gasteiger partial charge in [0.25, 0.3) is 0 Å². The van der Waals surface area contributed by atoms with Crippen molar-refractivity contribution in [2.24, 2.45) is 17.8 Å². The molecule has 3 atom stereocenters. The fraction of sp³-hybridized carbons (Fsp3) is 0.867. The van der Waals surface area contributed by atoms with Crippen LogP contribution < -0.4 is 0 Å². The lowest BCUT2D eigenvalue weighted by Gasteiger charge is -2.34. The minimum absolute atomic E-state index is 0.138. The van der Waals surface area contributed by atoms with Gasteiger partial charge in [0.1, 0.15) is 0 Å². The minimum Gasteiger partial charge on any atom is -0.171 e. The Bertz CT molecular complexity index is 349. The molecule has 6 heteroatoms. The van der Waals surface area contributed by atoms with Crippen molar-refractivity contribution in [3.8, 4) is 0 Å². The molecule has 0 spiro atoms. The molecule has 1 heterocycles. The van der Waals surface area contributed by atoms with Crippen LogP contribution in [-0.2, 0) is 0 Å². The van der Waals surface area contributed by atoms with Gasteiger partial charge in [-0.3, -0.25) is 0 Å². The van der Waals surface area contributed by atoms with Crippen molar-refractivity contribution < 1.29 is 13.2 Å². The number of hydrogen-bond donors (Lipinski definition) is 0. The maximum atomic E-state index is 12.8. The zero-order chi connectivity index (χ0) is 15.5. The molecule has 0 bridgehead atoms. The van der Waals surface area contributed by atoms with Gasteiger partial charge in [0.2, 0.25) is 0 Å². The highest BCUT2D eigenvalue weighted by atomic mass is 32.2. The smallest absolute Gasteiger partial charge is 0.171 e. The van der Waals surface area contributed by atoms with Crippen LogP contribution in [0.2, 0.25) is 0 Å². The molecule has 122 valence electrons. The van der Waals surface area contributed by atoms with Crippen LogP contribution in [0.3, 0.4) is 0 Å². The van der Waals surface area contributed by atoms with Gasteiger partial charge < -0.3 is 0 Å². The van der Waals surface area contributed by atoms with Gasteiger partial charge in [-0.05, 0) is 37.4 Å². The maximum Gasteiger partial charge on any atom is 0.391 e. The van der Waals surface area contributed by atoms with E-state index in [1.54, 1.807) is 0 Å². The van der Waals surface area contributed by atoms with Gasteiger partial charge in [0.15, 0.2) is 0 Å². The Morgan fingerprint density at radius 3 is 2.29 bits per heavy atom. The number of hydrogen-bond acceptors (Lipinski definition) is 3. The quantitative estimate of drug-likeness (QED) is 0.596. The summed E-state index contributed by atoms with van der Waals surface area (Å²) in [6.07, 6.45) is 3.84. The lowest BCUT2D eigenvalue weighted by Crippen LogP contribution is -2.31. The van der Waals surface area contributed by atoms with Crippen LogP contribution in [0, 0.1) is 17.8 Å². The third-order valence-electron chi connectivity index (χ3n) is 4.44. The summed E-state index contributed by atoms with van der Waals surface area (Å²) in [6.45, 7) is 1.97. The van der Waals surface area contributed by atoms with Crippen molar-refractivity contribution in [1.29, 1.82) is 0 Å². The van der Waals surface area contributed by atoms with Gasteiger partial charge in [-0.1, -0.05) is 19.1 Å². The molecule has 0 amide bonds. The number of allylic oxidation sites excluding steroid dienone is 1. The minimum atomic E-state index is -4.01. The highest BCUT2D eigenvalue weighted by Crippen LogP contribution is 2.43. The molecule has 1 saturated heterocycles. The molecule has 0 radical (unpaired) electrons. The first kappa shape index (κ1) is 17.9. The summed E-state index contributed by atoms with van der Waals surface area (Å²) in [6, 6.07) is 0. The average Bonchev–Trinajstić information content (AvgIpc) is 2.45. The third-order valence-corrected chi connectivity index (χ3v) is 8.84. The first-order valence-electron chi connectivity index (χ1n) is 7.41. The van der Waals surface area contributed by atoms with E-state index in [1.165, 1.54) is 11.5 Å². The Kier molecular flexibility index (Phi) is 6.75. The Morgan fingerprint density at radius 2 is 1.76 bits per heavy atom. The summed E-state index contributed by atoms with van der Waals surface area (Å²) >= 11 is 5.86. The van der Waals surface area contributed by atoms with Gasteiger partial charge in [-0.25, -0.2) is 0 Å². The van der Waals surface area contributed by atoms with Crippen molar-refractivity contribution in [3.05, 3.63) is 12.2 Å². The van der Waals surface area contributed by atoms with Gasteiger partial charge in [0.05, 0.1) is 10.5 Å². The van der Waals surface area contributed by atoms with Crippen LogP contribution in [0.15, 0.2) is 12.2 Å². The Hall–Kier alpha value is 0.580. The van der Waals surface area contributed by atoms with E-state index in [4.69, 9.17) is 0 Å². The van der Waals surface area contributed by atoms with Crippen LogP contribution in [0.5, 0.6) is 0 Å². The SMILES string of the molecule is CSC1CSC(/C=C/C2CCC(C(F)(F)F)CC2C)SC1. The van der Waals surface area contributed by atoms with Crippen molar-refractivity contribution in [2.75, 3.05) is 17.8 Å². The second-order valence-corrected chi connectivity index (χ2v) is 9.76. The Morgan fingerprint density at radius 1 is 1.10 bits per heavy atom. The molecule has 21 heavy (non-hydrogen) atoms. The molecule has 2 aliphatic rings. The van der Waals surface area contributed by atoms with Crippen molar-refractivity contribution in [1.82, 2.24) is 0 Å². The van der Waals surface area contributed by atoms with Crippen LogP contribution >= 0.6 is 35.3 Å². The Labute approximate surface area is 138 Å². The molecule has 2 fully saturated rings. The van der Waals surface area contributed by atoms with Gasteiger partial charge in [0, 0.05) is 16.8 Å². The number of halogens is 3. The highest BCUT2D eigenvalue weighted by molar-refractivity contribution is 8.19. The van der Waals surface area contributed by atoms with Crippen LogP contribution in [-0.4, -0.2) is 33.8 Å². The van der Waals surface area contributed by atoms with E-state index >= 15 is 0 Å². The van der Waals surface area contributed by atoms with Gasteiger partial charge in [-0.15, -0.1) is 23.5 Å². The fourth-order valence-corrected chi connectivity index (χ4v) is 7.00. The zero-order valence-corrected chi connectivity index (χ0v) is 14.9. The zero-order valence-electron chi connectivity index (χ0n) is 12.4. The molecule has 0 aromatic carbocycles. The lowest BCUT2D eigenvalue weighted by molar-refractivity contribution is -0.187. The van der Waals surface area contributed by atoms with Crippen LogP contribution in [0.25, 0.3) is 0 Å². The molecule has 2 rings (SSSR count).